The molecule has 3 aromatic rings. The smallest absolute Gasteiger partial charge is 0.275 e. The highest BCUT2D eigenvalue weighted by Crippen LogP contribution is 2.28. The van der Waals surface area contributed by atoms with Crippen LogP contribution in [0.1, 0.15) is 25.8 Å². The van der Waals surface area contributed by atoms with Gasteiger partial charge in [-0.1, -0.05) is 18.2 Å². The van der Waals surface area contributed by atoms with Crippen LogP contribution in [0.5, 0.6) is 0 Å². The Hall–Kier alpha value is -2.22. The number of fused-ring (bicyclic) bond motifs is 1. The Morgan fingerprint density at radius 3 is 2.62 bits per heavy atom. The maximum atomic E-state index is 12.1. The van der Waals surface area contributed by atoms with E-state index in [1.807, 2.05) is 39.0 Å². The molecule has 1 amide bonds. The number of hydrogen-bond donors (Lipinski definition) is 3. The van der Waals surface area contributed by atoms with Crippen LogP contribution in [-0.4, -0.2) is 49.2 Å². The van der Waals surface area contributed by atoms with Gasteiger partial charge in [0.2, 0.25) is 0 Å². The van der Waals surface area contributed by atoms with E-state index in [9.17, 15) is 4.79 Å². The molecule has 0 unspecified atom stereocenters. The number of thiazole rings is 1. The first-order valence-corrected chi connectivity index (χ1v) is 11.2. The number of nitrogens with zero attached hydrogens (tertiary/aromatic N) is 1. The average Bonchev–Trinajstić information content (AvgIpc) is 3.28. The molecule has 1 aliphatic rings. The van der Waals surface area contributed by atoms with Crippen molar-refractivity contribution in [2.75, 3.05) is 32.7 Å². The van der Waals surface area contributed by atoms with Crippen molar-refractivity contribution in [2.24, 2.45) is 0 Å². The highest BCUT2D eigenvalue weighted by atomic mass is 32.1. The fourth-order valence-corrected chi connectivity index (χ4v) is 4.68. The molecule has 1 saturated heterocycles. The number of hydrogen-bond acceptors (Lipinski definition) is 4. The van der Waals surface area contributed by atoms with Crippen molar-refractivity contribution >= 4 is 28.2 Å². The van der Waals surface area contributed by atoms with E-state index in [4.69, 9.17) is 9.40 Å². The molecule has 154 valence electrons. The molecule has 3 N–H and O–H groups in total. The number of benzene rings is 1. The van der Waals surface area contributed by atoms with Crippen LogP contribution in [0.25, 0.3) is 22.4 Å². The topological polar surface area (TPSA) is 64.0 Å². The first-order chi connectivity index (χ1) is 13.9. The average molecular weight is 415 g/mol. The third-order valence-electron chi connectivity index (χ3n) is 5.22. The summed E-state index contributed by atoms with van der Waals surface area (Å²) in [7, 11) is 0. The Bertz CT molecular complexity index is 947. The molecule has 0 radical (unpaired) electrons. The van der Waals surface area contributed by atoms with E-state index in [1.54, 1.807) is 11.3 Å². The van der Waals surface area contributed by atoms with Gasteiger partial charge in [0.15, 0.2) is 12.3 Å². The number of para-hydroxylation sites is 1. The second-order valence-corrected chi connectivity index (χ2v) is 9.87. The van der Waals surface area contributed by atoms with E-state index in [0.717, 1.165) is 60.2 Å². The minimum atomic E-state index is -0.161. The van der Waals surface area contributed by atoms with Crippen molar-refractivity contribution in [1.29, 1.82) is 0 Å². The lowest BCUT2D eigenvalue weighted by Crippen LogP contribution is -3.28. The van der Waals surface area contributed by atoms with Crippen LogP contribution in [-0.2, 0) is 11.3 Å². The van der Waals surface area contributed by atoms with E-state index in [-0.39, 0.29) is 11.4 Å². The van der Waals surface area contributed by atoms with Crippen LogP contribution in [0.4, 0.5) is 0 Å². The summed E-state index contributed by atoms with van der Waals surface area (Å²) < 4.78 is 5.94. The first kappa shape index (κ1) is 20.1. The summed E-state index contributed by atoms with van der Waals surface area (Å²) in [6.45, 7) is 11.8. The second kappa shape index (κ2) is 8.26. The molecule has 1 aliphatic heterocycles. The molecule has 7 heteroatoms. The van der Waals surface area contributed by atoms with Gasteiger partial charge in [-0.15, -0.1) is 11.3 Å². The Morgan fingerprint density at radius 1 is 1.17 bits per heavy atom. The summed E-state index contributed by atoms with van der Waals surface area (Å²) in [6.07, 6.45) is 0. The SMILES string of the molecule is CC(C)(C)NC(=O)C[NH+]1CC[NH+](Cc2nc(-c3cc4ccccc4o3)cs2)CC1. The molecule has 6 nitrogen and oxygen atoms in total. The highest BCUT2D eigenvalue weighted by molar-refractivity contribution is 7.09. The Labute approximate surface area is 175 Å². The molecule has 4 rings (SSSR count). The lowest BCUT2D eigenvalue weighted by atomic mass is 10.1. The fourth-order valence-electron chi connectivity index (χ4n) is 3.83. The standard InChI is InChI=1S/C22H28N4O2S/c1-22(2,3)24-20(27)13-25-8-10-26(11-9-25)14-21-23-17(15-29-21)19-12-16-6-4-5-7-18(16)28-19/h4-7,12,15H,8-11,13-14H2,1-3H3,(H,24,27)/p+2. The second-order valence-electron chi connectivity index (χ2n) is 8.93. The number of carbonyl (C=O) groups excluding carboxylic acids is 1. The first-order valence-electron chi connectivity index (χ1n) is 10.3. The lowest BCUT2D eigenvalue weighted by molar-refractivity contribution is -1.02. The molecule has 1 aromatic carbocycles. The van der Waals surface area contributed by atoms with Gasteiger partial charge < -0.3 is 19.5 Å². The van der Waals surface area contributed by atoms with E-state index in [1.165, 1.54) is 9.80 Å². The highest BCUT2D eigenvalue weighted by Gasteiger charge is 2.27. The summed E-state index contributed by atoms with van der Waals surface area (Å²) in [4.78, 5) is 19.9. The normalized spacial score (nSPS) is 20.1. The van der Waals surface area contributed by atoms with Crippen LogP contribution in [0.2, 0.25) is 0 Å². The van der Waals surface area contributed by atoms with E-state index in [2.05, 4.69) is 22.8 Å². The number of quaternary nitrogens is 2. The Morgan fingerprint density at radius 2 is 1.90 bits per heavy atom. The molecule has 0 aliphatic carbocycles. The van der Waals surface area contributed by atoms with Gasteiger partial charge in [0, 0.05) is 16.3 Å². The zero-order valence-corrected chi connectivity index (χ0v) is 18.2. The zero-order chi connectivity index (χ0) is 20.4. The van der Waals surface area contributed by atoms with Gasteiger partial charge >= 0.3 is 0 Å². The number of carbonyl (C=O) groups is 1. The van der Waals surface area contributed by atoms with Crippen LogP contribution in [0.3, 0.4) is 0 Å². The minimum absolute atomic E-state index is 0.145. The van der Waals surface area contributed by atoms with Gasteiger partial charge in [0.1, 0.15) is 49.0 Å². The molecule has 0 spiro atoms. The van der Waals surface area contributed by atoms with Crippen LogP contribution >= 0.6 is 11.3 Å². The largest absolute Gasteiger partial charge is 0.454 e. The van der Waals surface area contributed by atoms with E-state index >= 15 is 0 Å². The Kier molecular flexibility index (Phi) is 5.72. The van der Waals surface area contributed by atoms with Crippen molar-refractivity contribution in [1.82, 2.24) is 10.3 Å². The summed E-state index contributed by atoms with van der Waals surface area (Å²) in [5.74, 6) is 0.981. The number of aromatic nitrogens is 1. The fraction of sp³-hybridized carbons (Fsp3) is 0.455. The van der Waals surface area contributed by atoms with Crippen molar-refractivity contribution in [3.8, 4) is 11.5 Å². The van der Waals surface area contributed by atoms with Crippen LogP contribution in [0, 0.1) is 0 Å². The van der Waals surface area contributed by atoms with Crippen LogP contribution < -0.4 is 15.1 Å². The monoisotopic (exact) mass is 414 g/mol. The molecular weight excluding hydrogens is 384 g/mol. The van der Waals surface area contributed by atoms with E-state index < -0.39 is 0 Å². The molecule has 0 atom stereocenters. The molecule has 3 heterocycles. The summed E-state index contributed by atoms with van der Waals surface area (Å²) in [5, 5.41) is 7.40. The van der Waals surface area contributed by atoms with Crippen molar-refractivity contribution in [2.45, 2.75) is 32.9 Å². The predicted molar refractivity (Wildman–Crippen MR) is 115 cm³/mol. The molecule has 2 aromatic heterocycles. The van der Waals surface area contributed by atoms with Gasteiger partial charge in [-0.25, -0.2) is 4.98 Å². The third-order valence-corrected chi connectivity index (χ3v) is 6.07. The molecular formula is C22H30N4O2S+2. The molecule has 0 saturated carbocycles. The third kappa shape index (κ3) is 5.23. The van der Waals surface area contributed by atoms with Gasteiger partial charge in [-0.2, -0.15) is 0 Å². The summed E-state index contributed by atoms with van der Waals surface area (Å²) in [6, 6.07) is 10.1. The number of nitrogens with one attached hydrogen (secondary N) is 3. The minimum Gasteiger partial charge on any atom is -0.454 e. The number of rotatable bonds is 5. The Balaban J connectivity index is 1.29. The zero-order valence-electron chi connectivity index (χ0n) is 17.4. The maximum absolute atomic E-state index is 12.1. The quantitative estimate of drug-likeness (QED) is 0.578. The van der Waals surface area contributed by atoms with Crippen molar-refractivity contribution in [3.05, 3.63) is 40.7 Å². The van der Waals surface area contributed by atoms with Gasteiger partial charge in [-0.05, 0) is 32.9 Å². The van der Waals surface area contributed by atoms with Gasteiger partial charge in [-0.3, -0.25) is 4.79 Å². The maximum Gasteiger partial charge on any atom is 0.275 e. The molecule has 0 bridgehead atoms. The van der Waals surface area contributed by atoms with E-state index in [0.29, 0.717) is 6.54 Å². The van der Waals surface area contributed by atoms with Crippen molar-refractivity contribution < 1.29 is 19.0 Å². The number of furan rings is 1. The van der Waals surface area contributed by atoms with Crippen molar-refractivity contribution in [3.63, 3.8) is 0 Å². The van der Waals surface area contributed by atoms with Gasteiger partial charge in [0.25, 0.3) is 5.91 Å². The number of piperazine rings is 1. The molecule has 29 heavy (non-hydrogen) atoms. The van der Waals surface area contributed by atoms with Gasteiger partial charge in [0.05, 0.1) is 0 Å². The molecule has 1 fully saturated rings. The summed E-state index contributed by atoms with van der Waals surface area (Å²) >= 11 is 1.70. The predicted octanol–water partition coefficient (Wildman–Crippen LogP) is 0.754. The summed E-state index contributed by atoms with van der Waals surface area (Å²) in [5.41, 5.74) is 1.66. The van der Waals surface area contributed by atoms with Crippen LogP contribution in [0.15, 0.2) is 40.1 Å². The lowest BCUT2D eigenvalue weighted by Gasteiger charge is -2.29. The number of amides is 1.